The second-order valence-corrected chi connectivity index (χ2v) is 4.93. The van der Waals surface area contributed by atoms with Gasteiger partial charge in [0, 0.05) is 18.5 Å². The van der Waals surface area contributed by atoms with E-state index in [2.05, 4.69) is 0 Å². The molecule has 0 aromatic carbocycles. The third-order valence-corrected chi connectivity index (χ3v) is 3.80. The van der Waals surface area contributed by atoms with Gasteiger partial charge in [-0.1, -0.05) is 6.42 Å². The number of halogens is 1. The minimum atomic E-state index is 0. The molecule has 0 atom stereocenters. The van der Waals surface area contributed by atoms with E-state index in [-0.39, 0.29) is 18.0 Å². The van der Waals surface area contributed by atoms with Crippen LogP contribution in [0.1, 0.15) is 49.2 Å². The average molecular weight is 255 g/mol. The van der Waals surface area contributed by atoms with Gasteiger partial charge in [0.2, 0.25) is 0 Å². The van der Waals surface area contributed by atoms with E-state index in [0.717, 1.165) is 55.7 Å². The summed E-state index contributed by atoms with van der Waals surface area (Å²) in [5.41, 5.74) is 2.38. The fourth-order valence-corrected chi connectivity index (χ4v) is 2.89. The lowest BCUT2D eigenvalue weighted by atomic mass is 9.97. The molecule has 4 heteroatoms. The highest BCUT2D eigenvalue weighted by molar-refractivity contribution is 5.85. The first-order valence-corrected chi connectivity index (χ1v) is 6.48. The molecule has 0 spiro atoms. The van der Waals surface area contributed by atoms with Crippen LogP contribution in [0.4, 0.5) is 0 Å². The summed E-state index contributed by atoms with van der Waals surface area (Å²) in [4.78, 5) is 17.1. The van der Waals surface area contributed by atoms with E-state index >= 15 is 0 Å². The predicted molar refractivity (Wildman–Crippen MR) is 69.9 cm³/mol. The molecule has 0 saturated carbocycles. The van der Waals surface area contributed by atoms with Crippen LogP contribution in [0.15, 0.2) is 4.79 Å². The van der Waals surface area contributed by atoms with Crippen molar-refractivity contribution in [1.29, 1.82) is 0 Å². The highest BCUT2D eigenvalue weighted by atomic mass is 35.5. The highest BCUT2D eigenvalue weighted by Crippen LogP contribution is 2.19. The Morgan fingerprint density at radius 2 is 1.71 bits per heavy atom. The third kappa shape index (κ3) is 2.25. The first-order chi connectivity index (χ1) is 7.86. The van der Waals surface area contributed by atoms with Crippen LogP contribution >= 0.6 is 12.4 Å². The molecular weight excluding hydrogens is 236 g/mol. The molecular formula is C13H19ClN2O. The van der Waals surface area contributed by atoms with E-state index in [9.17, 15) is 4.79 Å². The number of aryl methyl sites for hydroxylation is 2. The van der Waals surface area contributed by atoms with E-state index in [4.69, 9.17) is 4.98 Å². The molecule has 0 unspecified atom stereocenters. The quantitative estimate of drug-likeness (QED) is 0.712. The van der Waals surface area contributed by atoms with Crippen molar-refractivity contribution < 1.29 is 0 Å². The van der Waals surface area contributed by atoms with Gasteiger partial charge >= 0.3 is 0 Å². The second-order valence-electron chi connectivity index (χ2n) is 4.93. The Bertz CT molecular complexity index is 467. The van der Waals surface area contributed by atoms with Crippen LogP contribution in [0.25, 0.3) is 0 Å². The molecule has 2 heterocycles. The van der Waals surface area contributed by atoms with E-state index in [1.165, 1.54) is 19.3 Å². The number of hydrogen-bond donors (Lipinski definition) is 0. The van der Waals surface area contributed by atoms with Crippen molar-refractivity contribution in [2.45, 2.75) is 57.9 Å². The third-order valence-electron chi connectivity index (χ3n) is 3.80. The van der Waals surface area contributed by atoms with Gasteiger partial charge in [0.25, 0.3) is 5.56 Å². The van der Waals surface area contributed by atoms with Gasteiger partial charge in [0.15, 0.2) is 0 Å². The maximum atomic E-state index is 12.3. The van der Waals surface area contributed by atoms with Gasteiger partial charge in [-0.05, 0) is 38.5 Å². The van der Waals surface area contributed by atoms with Crippen LogP contribution in [0.3, 0.4) is 0 Å². The Kier molecular flexibility index (Phi) is 3.87. The number of fused-ring (bicyclic) bond motifs is 2. The smallest absolute Gasteiger partial charge is 0.256 e. The Morgan fingerprint density at radius 3 is 2.59 bits per heavy atom. The van der Waals surface area contributed by atoms with E-state index < -0.39 is 0 Å². The van der Waals surface area contributed by atoms with Crippen molar-refractivity contribution in [3.63, 3.8) is 0 Å². The molecule has 3 nitrogen and oxygen atoms in total. The summed E-state index contributed by atoms with van der Waals surface area (Å²) in [5.74, 6) is 1.04. The lowest BCUT2D eigenvalue weighted by molar-refractivity contribution is 0.573. The normalized spacial score (nSPS) is 18.6. The molecule has 3 rings (SSSR count). The summed E-state index contributed by atoms with van der Waals surface area (Å²) < 4.78 is 1.94. The van der Waals surface area contributed by atoms with Gasteiger partial charge in [-0.15, -0.1) is 12.4 Å². The Hall–Kier alpha value is -0.830. The van der Waals surface area contributed by atoms with E-state index in [0.29, 0.717) is 0 Å². The van der Waals surface area contributed by atoms with Crippen molar-refractivity contribution in [3.05, 3.63) is 27.4 Å². The van der Waals surface area contributed by atoms with Crippen LogP contribution in [0.5, 0.6) is 0 Å². The molecule has 94 valence electrons. The summed E-state index contributed by atoms with van der Waals surface area (Å²) >= 11 is 0. The molecule has 1 aliphatic heterocycles. The van der Waals surface area contributed by atoms with Gasteiger partial charge in [-0.3, -0.25) is 9.36 Å². The SMILES string of the molecule is Cl.O=c1c2c(nc3n1CCCCC3)CCCC2. The molecule has 1 aliphatic carbocycles. The molecule has 0 amide bonds. The maximum Gasteiger partial charge on any atom is 0.256 e. The standard InChI is InChI=1S/C13H18N2O.ClH/c16-13-10-6-3-4-7-11(10)14-12-8-2-1-5-9-15(12)13;/h1-9H2;1H. The Balaban J connectivity index is 0.00000108. The topological polar surface area (TPSA) is 34.9 Å². The minimum Gasteiger partial charge on any atom is -0.296 e. The van der Waals surface area contributed by atoms with Crippen molar-refractivity contribution >= 4 is 12.4 Å². The molecule has 0 N–H and O–H groups in total. The lowest BCUT2D eigenvalue weighted by Crippen LogP contribution is -2.31. The molecule has 0 radical (unpaired) electrons. The first-order valence-electron chi connectivity index (χ1n) is 6.48. The molecule has 1 aromatic heterocycles. The molecule has 17 heavy (non-hydrogen) atoms. The predicted octanol–water partition coefficient (Wildman–Crippen LogP) is 2.27. The molecule has 0 fully saturated rings. The van der Waals surface area contributed by atoms with Gasteiger partial charge in [-0.2, -0.15) is 0 Å². The van der Waals surface area contributed by atoms with Crippen molar-refractivity contribution in [2.75, 3.05) is 0 Å². The monoisotopic (exact) mass is 254 g/mol. The van der Waals surface area contributed by atoms with Crippen LogP contribution < -0.4 is 5.56 Å². The summed E-state index contributed by atoms with van der Waals surface area (Å²) in [5, 5.41) is 0. The zero-order chi connectivity index (χ0) is 11.0. The first kappa shape index (κ1) is 12.6. The van der Waals surface area contributed by atoms with Crippen LogP contribution in [0, 0.1) is 0 Å². The van der Waals surface area contributed by atoms with E-state index in [1.807, 2.05) is 4.57 Å². The molecule has 2 aliphatic rings. The van der Waals surface area contributed by atoms with Gasteiger partial charge in [0.05, 0.1) is 5.69 Å². The average Bonchev–Trinajstić information content (AvgIpc) is 2.55. The molecule has 0 bridgehead atoms. The number of rotatable bonds is 0. The molecule has 0 saturated heterocycles. The summed E-state index contributed by atoms with van der Waals surface area (Å²) in [6.45, 7) is 0.883. The van der Waals surface area contributed by atoms with E-state index in [1.54, 1.807) is 0 Å². The summed E-state index contributed by atoms with van der Waals surface area (Å²) in [7, 11) is 0. The summed E-state index contributed by atoms with van der Waals surface area (Å²) in [6.07, 6.45) is 8.85. The van der Waals surface area contributed by atoms with Gasteiger partial charge in [0.1, 0.15) is 5.82 Å². The highest BCUT2D eigenvalue weighted by Gasteiger charge is 2.19. The maximum absolute atomic E-state index is 12.3. The Labute approximate surface area is 108 Å². The number of hydrogen-bond acceptors (Lipinski definition) is 2. The Morgan fingerprint density at radius 1 is 0.941 bits per heavy atom. The fraction of sp³-hybridized carbons (Fsp3) is 0.692. The van der Waals surface area contributed by atoms with Gasteiger partial charge < -0.3 is 0 Å². The second kappa shape index (κ2) is 5.21. The van der Waals surface area contributed by atoms with Crippen LogP contribution in [-0.4, -0.2) is 9.55 Å². The number of nitrogens with zero attached hydrogens (tertiary/aromatic N) is 2. The summed E-state index contributed by atoms with van der Waals surface area (Å²) in [6, 6.07) is 0. The largest absolute Gasteiger partial charge is 0.296 e. The molecule has 1 aromatic rings. The minimum absolute atomic E-state index is 0. The fourth-order valence-electron chi connectivity index (χ4n) is 2.89. The zero-order valence-corrected chi connectivity index (χ0v) is 10.9. The lowest BCUT2D eigenvalue weighted by Gasteiger charge is -2.18. The van der Waals surface area contributed by atoms with Gasteiger partial charge in [-0.25, -0.2) is 4.98 Å². The van der Waals surface area contributed by atoms with Crippen molar-refractivity contribution in [2.24, 2.45) is 0 Å². The zero-order valence-electron chi connectivity index (χ0n) is 10.1. The number of aromatic nitrogens is 2. The van der Waals surface area contributed by atoms with Crippen LogP contribution in [-0.2, 0) is 25.8 Å². The van der Waals surface area contributed by atoms with Crippen molar-refractivity contribution in [3.8, 4) is 0 Å². The van der Waals surface area contributed by atoms with Crippen LogP contribution in [0.2, 0.25) is 0 Å². The van der Waals surface area contributed by atoms with Crippen molar-refractivity contribution in [1.82, 2.24) is 9.55 Å².